The molecule has 0 bridgehead atoms. The van der Waals surface area contributed by atoms with E-state index in [4.69, 9.17) is 9.47 Å². The van der Waals surface area contributed by atoms with Crippen molar-refractivity contribution in [1.29, 1.82) is 0 Å². The van der Waals surface area contributed by atoms with Crippen LogP contribution < -0.4 is 4.74 Å². The SMILES string of the molecule is CCCCCCCOC(=O)c1ccccc1C(=O)Oc1ccccc1. The Hall–Kier alpha value is -2.62. The van der Waals surface area contributed by atoms with Gasteiger partial charge in [0.15, 0.2) is 0 Å². The van der Waals surface area contributed by atoms with E-state index in [0.29, 0.717) is 12.4 Å². The standard InChI is InChI=1S/C21H24O4/c1-2-3-4-5-11-16-24-20(22)18-14-9-10-15-19(18)21(23)25-17-12-7-6-8-13-17/h6-10,12-15H,2-5,11,16H2,1H3. The molecule has 2 aromatic rings. The Labute approximate surface area is 148 Å². The van der Waals surface area contributed by atoms with Crippen LogP contribution in [0.4, 0.5) is 0 Å². The molecule has 0 fully saturated rings. The van der Waals surface area contributed by atoms with E-state index >= 15 is 0 Å². The molecule has 0 heterocycles. The Bertz CT molecular complexity index is 679. The molecule has 0 spiro atoms. The third-order valence-corrected chi connectivity index (χ3v) is 3.80. The van der Waals surface area contributed by atoms with Gasteiger partial charge in [0.25, 0.3) is 0 Å². The quantitative estimate of drug-likeness (QED) is 0.365. The van der Waals surface area contributed by atoms with Gasteiger partial charge in [0, 0.05) is 0 Å². The Morgan fingerprint density at radius 2 is 1.36 bits per heavy atom. The highest BCUT2D eigenvalue weighted by molar-refractivity contribution is 6.03. The van der Waals surface area contributed by atoms with Crippen LogP contribution in [0.25, 0.3) is 0 Å². The van der Waals surface area contributed by atoms with E-state index in [1.807, 2.05) is 6.07 Å². The predicted octanol–water partition coefficient (Wildman–Crippen LogP) is 5.03. The molecule has 0 aliphatic heterocycles. The molecule has 0 atom stereocenters. The van der Waals surface area contributed by atoms with Crippen molar-refractivity contribution in [2.24, 2.45) is 0 Å². The average Bonchev–Trinajstić information content (AvgIpc) is 2.65. The van der Waals surface area contributed by atoms with E-state index in [9.17, 15) is 9.59 Å². The Kier molecular flexibility index (Phi) is 7.70. The van der Waals surface area contributed by atoms with Crippen LogP contribution in [0.3, 0.4) is 0 Å². The van der Waals surface area contributed by atoms with E-state index in [2.05, 4.69) is 6.92 Å². The molecule has 0 saturated heterocycles. The van der Waals surface area contributed by atoms with Gasteiger partial charge in [0.2, 0.25) is 0 Å². The zero-order chi connectivity index (χ0) is 17.9. The maximum atomic E-state index is 12.4. The molecule has 2 aromatic carbocycles. The summed E-state index contributed by atoms with van der Waals surface area (Å²) < 4.78 is 10.6. The topological polar surface area (TPSA) is 52.6 Å². The lowest BCUT2D eigenvalue weighted by Crippen LogP contribution is -2.16. The fourth-order valence-electron chi connectivity index (χ4n) is 2.44. The highest BCUT2D eigenvalue weighted by Crippen LogP contribution is 2.16. The van der Waals surface area contributed by atoms with Gasteiger partial charge >= 0.3 is 11.9 Å². The van der Waals surface area contributed by atoms with Crippen molar-refractivity contribution in [1.82, 2.24) is 0 Å². The summed E-state index contributed by atoms with van der Waals surface area (Å²) >= 11 is 0. The second kappa shape index (κ2) is 10.3. The van der Waals surface area contributed by atoms with Gasteiger partial charge in [0.1, 0.15) is 5.75 Å². The lowest BCUT2D eigenvalue weighted by Gasteiger charge is -2.09. The highest BCUT2D eigenvalue weighted by Gasteiger charge is 2.19. The largest absolute Gasteiger partial charge is 0.462 e. The Morgan fingerprint density at radius 3 is 2.04 bits per heavy atom. The summed E-state index contributed by atoms with van der Waals surface area (Å²) in [7, 11) is 0. The summed E-state index contributed by atoms with van der Waals surface area (Å²) in [5, 5.41) is 0. The fourth-order valence-corrected chi connectivity index (χ4v) is 2.44. The maximum Gasteiger partial charge on any atom is 0.344 e. The third kappa shape index (κ3) is 6.07. The van der Waals surface area contributed by atoms with Crippen LogP contribution in [0.2, 0.25) is 0 Å². The number of carbonyl (C=O) groups excluding carboxylic acids is 2. The molecule has 132 valence electrons. The predicted molar refractivity (Wildman–Crippen MR) is 96.9 cm³/mol. The van der Waals surface area contributed by atoms with Crippen LogP contribution in [-0.4, -0.2) is 18.5 Å². The second-order valence-electron chi connectivity index (χ2n) is 5.80. The molecule has 0 amide bonds. The molecular formula is C21H24O4. The molecular weight excluding hydrogens is 316 g/mol. The molecule has 0 N–H and O–H groups in total. The van der Waals surface area contributed by atoms with Crippen molar-refractivity contribution in [3.8, 4) is 5.75 Å². The molecule has 0 aliphatic rings. The number of hydrogen-bond donors (Lipinski definition) is 0. The molecule has 0 aromatic heterocycles. The van der Waals surface area contributed by atoms with Crippen LogP contribution >= 0.6 is 0 Å². The number of carbonyl (C=O) groups is 2. The van der Waals surface area contributed by atoms with E-state index < -0.39 is 11.9 Å². The van der Waals surface area contributed by atoms with Gasteiger partial charge in [-0.25, -0.2) is 9.59 Å². The maximum absolute atomic E-state index is 12.4. The van der Waals surface area contributed by atoms with Gasteiger partial charge in [-0.1, -0.05) is 62.9 Å². The van der Waals surface area contributed by atoms with Gasteiger partial charge in [0.05, 0.1) is 17.7 Å². The summed E-state index contributed by atoms with van der Waals surface area (Å²) in [5.74, 6) is -0.621. The lowest BCUT2D eigenvalue weighted by atomic mass is 10.1. The summed E-state index contributed by atoms with van der Waals surface area (Å²) in [6.07, 6.45) is 5.40. The van der Waals surface area contributed by atoms with E-state index in [1.165, 1.54) is 12.8 Å². The number of rotatable bonds is 9. The molecule has 0 aliphatic carbocycles. The number of para-hydroxylation sites is 1. The zero-order valence-electron chi connectivity index (χ0n) is 14.6. The smallest absolute Gasteiger partial charge is 0.344 e. The Balaban J connectivity index is 1.95. The molecule has 2 rings (SSSR count). The first-order chi connectivity index (χ1) is 12.2. The number of unbranched alkanes of at least 4 members (excludes halogenated alkanes) is 4. The molecule has 4 nitrogen and oxygen atoms in total. The van der Waals surface area contributed by atoms with Crippen molar-refractivity contribution in [2.75, 3.05) is 6.61 Å². The number of hydrogen-bond acceptors (Lipinski definition) is 4. The molecule has 0 unspecified atom stereocenters. The number of benzene rings is 2. The minimum Gasteiger partial charge on any atom is -0.462 e. The zero-order valence-corrected chi connectivity index (χ0v) is 14.6. The van der Waals surface area contributed by atoms with Crippen molar-refractivity contribution in [3.63, 3.8) is 0 Å². The minimum atomic E-state index is -0.568. The van der Waals surface area contributed by atoms with Gasteiger partial charge in [-0.2, -0.15) is 0 Å². The normalized spacial score (nSPS) is 10.3. The molecule has 0 radical (unpaired) electrons. The molecule has 0 saturated carbocycles. The summed E-state index contributed by atoms with van der Waals surface area (Å²) in [5.41, 5.74) is 0.444. The van der Waals surface area contributed by atoms with E-state index in [0.717, 1.165) is 19.3 Å². The second-order valence-corrected chi connectivity index (χ2v) is 5.80. The van der Waals surface area contributed by atoms with Gasteiger partial charge in [-0.3, -0.25) is 0 Å². The number of esters is 2. The highest BCUT2D eigenvalue weighted by atomic mass is 16.5. The fraction of sp³-hybridized carbons (Fsp3) is 0.333. The first kappa shape index (κ1) is 18.7. The van der Waals surface area contributed by atoms with E-state index in [-0.39, 0.29) is 11.1 Å². The summed E-state index contributed by atoms with van der Waals surface area (Å²) in [4.78, 5) is 24.6. The van der Waals surface area contributed by atoms with Crippen LogP contribution in [0.5, 0.6) is 5.75 Å². The average molecular weight is 340 g/mol. The monoisotopic (exact) mass is 340 g/mol. The molecule has 25 heavy (non-hydrogen) atoms. The first-order valence-electron chi connectivity index (χ1n) is 8.75. The van der Waals surface area contributed by atoms with E-state index in [1.54, 1.807) is 48.5 Å². The van der Waals surface area contributed by atoms with Crippen LogP contribution in [-0.2, 0) is 4.74 Å². The Morgan fingerprint density at radius 1 is 0.760 bits per heavy atom. The summed E-state index contributed by atoms with van der Waals surface area (Å²) in [6, 6.07) is 15.3. The van der Waals surface area contributed by atoms with Crippen molar-refractivity contribution in [3.05, 3.63) is 65.7 Å². The first-order valence-corrected chi connectivity index (χ1v) is 8.75. The van der Waals surface area contributed by atoms with Crippen molar-refractivity contribution in [2.45, 2.75) is 39.0 Å². The third-order valence-electron chi connectivity index (χ3n) is 3.80. The summed E-state index contributed by atoms with van der Waals surface area (Å²) in [6.45, 7) is 2.52. The number of ether oxygens (including phenoxy) is 2. The van der Waals surface area contributed by atoms with Crippen LogP contribution in [0.15, 0.2) is 54.6 Å². The van der Waals surface area contributed by atoms with Crippen LogP contribution in [0, 0.1) is 0 Å². The van der Waals surface area contributed by atoms with Crippen molar-refractivity contribution >= 4 is 11.9 Å². The van der Waals surface area contributed by atoms with Gasteiger partial charge in [-0.05, 0) is 30.7 Å². The van der Waals surface area contributed by atoms with Crippen molar-refractivity contribution < 1.29 is 19.1 Å². The minimum absolute atomic E-state index is 0.210. The van der Waals surface area contributed by atoms with Gasteiger partial charge < -0.3 is 9.47 Å². The lowest BCUT2D eigenvalue weighted by molar-refractivity contribution is 0.0489. The van der Waals surface area contributed by atoms with Crippen LogP contribution in [0.1, 0.15) is 59.7 Å². The van der Waals surface area contributed by atoms with Gasteiger partial charge in [-0.15, -0.1) is 0 Å². The molecule has 4 heteroatoms.